The molecule has 0 aromatic carbocycles. The molecule has 0 atom stereocenters. The van der Waals surface area contributed by atoms with E-state index in [9.17, 15) is 0 Å². The number of nitrogens with zero attached hydrogens (tertiary/aromatic N) is 4. The van der Waals surface area contributed by atoms with Gasteiger partial charge in [0.2, 0.25) is 0 Å². The summed E-state index contributed by atoms with van der Waals surface area (Å²) in [5, 5.41) is 13.6. The van der Waals surface area contributed by atoms with Gasteiger partial charge in [0, 0.05) is 118 Å². The maximum Gasteiger partial charge on any atom is 0.0110 e. The van der Waals surface area contributed by atoms with Crippen LogP contribution in [0.4, 0.5) is 0 Å². The molecule has 0 amide bonds. The summed E-state index contributed by atoms with van der Waals surface area (Å²) in [4.78, 5) is 9.78. The minimum absolute atomic E-state index is 0.688. The Labute approximate surface area is 198 Å². The zero-order valence-electron chi connectivity index (χ0n) is 21.7. The van der Waals surface area contributed by atoms with Crippen LogP contribution in [0, 0.1) is 0 Å². The highest BCUT2D eigenvalue weighted by Crippen LogP contribution is 1.93. The Bertz CT molecular complexity index is 373. The molecule has 0 unspecified atom stereocenters. The number of nitrogens with two attached hydrogens (primary N) is 2. The molecule has 0 aliphatic carbocycles. The van der Waals surface area contributed by atoms with E-state index < -0.39 is 0 Å². The maximum absolute atomic E-state index is 5.81. The van der Waals surface area contributed by atoms with Crippen molar-refractivity contribution in [3.05, 3.63) is 0 Å². The first-order chi connectivity index (χ1) is 15.6. The summed E-state index contributed by atoms with van der Waals surface area (Å²) >= 11 is 0. The van der Waals surface area contributed by atoms with Crippen molar-refractivity contribution >= 4 is 0 Å². The molecule has 0 fully saturated rings. The average Bonchev–Trinajstić information content (AvgIpc) is 2.78. The molecule has 0 rings (SSSR count). The van der Waals surface area contributed by atoms with Crippen molar-refractivity contribution in [1.29, 1.82) is 0 Å². The van der Waals surface area contributed by atoms with Crippen molar-refractivity contribution in [3.63, 3.8) is 0 Å². The smallest absolute Gasteiger partial charge is 0.0110 e. The number of hydrogen-bond donors (Lipinski definition) is 6. The van der Waals surface area contributed by atoms with Gasteiger partial charge in [-0.2, -0.15) is 0 Å². The van der Waals surface area contributed by atoms with Crippen molar-refractivity contribution in [2.24, 2.45) is 11.5 Å². The van der Waals surface area contributed by atoms with Gasteiger partial charge in [-0.1, -0.05) is 0 Å². The van der Waals surface area contributed by atoms with Gasteiger partial charge < -0.3 is 37.6 Å². The summed E-state index contributed by atoms with van der Waals surface area (Å²) in [7, 11) is 8.30. The third-order valence-corrected chi connectivity index (χ3v) is 5.53. The molecular formula is C22H56N10. The second kappa shape index (κ2) is 23.7. The largest absolute Gasteiger partial charge is 0.329 e. The Morgan fingerprint density at radius 3 is 1.28 bits per heavy atom. The molecule has 0 saturated carbocycles. The van der Waals surface area contributed by atoms with Gasteiger partial charge in [-0.3, -0.25) is 14.7 Å². The first-order valence-electron chi connectivity index (χ1n) is 12.5. The van der Waals surface area contributed by atoms with E-state index in [4.69, 9.17) is 11.5 Å². The quantitative estimate of drug-likeness (QED) is 0.0788. The Morgan fingerprint density at radius 2 is 0.875 bits per heavy atom. The molecule has 0 saturated heterocycles. The SMILES string of the molecule is CNCCN(CCNCCN(CCNCCN)CCN(CCN)CCNC)CCN(C)C. The van der Waals surface area contributed by atoms with E-state index in [0.29, 0.717) is 13.1 Å². The fourth-order valence-corrected chi connectivity index (χ4v) is 3.42. The molecule has 0 bridgehead atoms. The highest BCUT2D eigenvalue weighted by atomic mass is 15.2. The second-order valence-electron chi connectivity index (χ2n) is 8.61. The average molecular weight is 461 g/mol. The lowest BCUT2D eigenvalue weighted by Gasteiger charge is -2.28. The van der Waals surface area contributed by atoms with Gasteiger partial charge >= 0.3 is 0 Å². The summed E-state index contributed by atoms with van der Waals surface area (Å²) in [6.07, 6.45) is 0. The molecule has 10 nitrogen and oxygen atoms in total. The van der Waals surface area contributed by atoms with E-state index in [1.165, 1.54) is 0 Å². The van der Waals surface area contributed by atoms with Crippen molar-refractivity contribution in [2.45, 2.75) is 0 Å². The molecule has 0 heterocycles. The Kier molecular flexibility index (Phi) is 23.5. The number of nitrogens with one attached hydrogen (secondary N) is 4. The van der Waals surface area contributed by atoms with Crippen LogP contribution in [0.15, 0.2) is 0 Å². The van der Waals surface area contributed by atoms with Crippen LogP contribution >= 0.6 is 0 Å². The van der Waals surface area contributed by atoms with E-state index in [1.807, 2.05) is 14.1 Å². The lowest BCUT2D eigenvalue weighted by Crippen LogP contribution is -2.45. The molecular weight excluding hydrogens is 404 g/mol. The predicted octanol–water partition coefficient (Wildman–Crippen LogP) is -3.01. The van der Waals surface area contributed by atoms with E-state index in [2.05, 4.69) is 55.0 Å². The van der Waals surface area contributed by atoms with Crippen LogP contribution in [0.2, 0.25) is 0 Å². The molecule has 10 heteroatoms. The zero-order chi connectivity index (χ0) is 23.9. The van der Waals surface area contributed by atoms with Crippen molar-refractivity contribution in [1.82, 2.24) is 40.9 Å². The van der Waals surface area contributed by atoms with Crippen LogP contribution in [0.3, 0.4) is 0 Å². The summed E-state index contributed by atoms with van der Waals surface area (Å²) in [6, 6.07) is 0. The van der Waals surface area contributed by atoms with Gasteiger partial charge in [0.05, 0.1) is 0 Å². The highest BCUT2D eigenvalue weighted by molar-refractivity contribution is 4.68. The van der Waals surface area contributed by atoms with Crippen molar-refractivity contribution in [2.75, 3.05) is 146 Å². The summed E-state index contributed by atoms with van der Waals surface area (Å²) in [5.41, 5.74) is 11.4. The number of rotatable bonds is 25. The Balaban J connectivity index is 4.36. The van der Waals surface area contributed by atoms with E-state index in [1.54, 1.807) is 0 Å². The molecule has 0 aromatic heterocycles. The van der Waals surface area contributed by atoms with Gasteiger partial charge in [-0.25, -0.2) is 0 Å². The molecule has 0 aromatic rings. The van der Waals surface area contributed by atoms with Gasteiger partial charge in [0.25, 0.3) is 0 Å². The van der Waals surface area contributed by atoms with Crippen LogP contribution in [0.25, 0.3) is 0 Å². The second-order valence-corrected chi connectivity index (χ2v) is 8.61. The zero-order valence-corrected chi connectivity index (χ0v) is 21.7. The molecule has 8 N–H and O–H groups in total. The van der Waals surface area contributed by atoms with Gasteiger partial charge in [-0.15, -0.1) is 0 Å². The van der Waals surface area contributed by atoms with Crippen LogP contribution in [0.1, 0.15) is 0 Å². The van der Waals surface area contributed by atoms with Gasteiger partial charge in [-0.05, 0) is 28.2 Å². The van der Waals surface area contributed by atoms with Crippen LogP contribution in [-0.4, -0.2) is 166 Å². The standard InChI is InChI=1S/C22H56N10/c1-25-8-14-30(13-6-24)21-22-32(16-10-27-7-5-23)18-12-28-11-17-31(15-9-26-2)20-19-29(3)4/h25-28H,5-24H2,1-4H3. The fourth-order valence-electron chi connectivity index (χ4n) is 3.42. The first kappa shape index (κ1) is 31.6. The van der Waals surface area contributed by atoms with E-state index in [-0.39, 0.29) is 0 Å². The highest BCUT2D eigenvalue weighted by Gasteiger charge is 2.09. The van der Waals surface area contributed by atoms with E-state index in [0.717, 1.165) is 105 Å². The lowest BCUT2D eigenvalue weighted by molar-refractivity contribution is 0.205. The summed E-state index contributed by atoms with van der Waals surface area (Å²) in [5.74, 6) is 0. The monoisotopic (exact) mass is 460 g/mol. The van der Waals surface area contributed by atoms with E-state index >= 15 is 0 Å². The normalized spacial score (nSPS) is 12.2. The Hall–Kier alpha value is -0.400. The molecule has 194 valence electrons. The van der Waals surface area contributed by atoms with Crippen LogP contribution in [-0.2, 0) is 0 Å². The van der Waals surface area contributed by atoms with Crippen LogP contribution < -0.4 is 32.7 Å². The fraction of sp³-hybridized carbons (Fsp3) is 1.00. The molecule has 0 aliphatic heterocycles. The number of hydrogen-bond acceptors (Lipinski definition) is 10. The predicted molar refractivity (Wildman–Crippen MR) is 140 cm³/mol. The maximum atomic E-state index is 5.81. The van der Waals surface area contributed by atoms with Crippen molar-refractivity contribution < 1.29 is 0 Å². The van der Waals surface area contributed by atoms with Gasteiger partial charge in [0.1, 0.15) is 0 Å². The first-order valence-corrected chi connectivity index (χ1v) is 12.5. The molecule has 0 spiro atoms. The van der Waals surface area contributed by atoms with Crippen LogP contribution in [0.5, 0.6) is 0 Å². The third-order valence-electron chi connectivity index (χ3n) is 5.53. The third kappa shape index (κ3) is 20.2. The molecule has 0 aliphatic rings. The number of likely N-dealkylation sites (N-methyl/N-ethyl adjacent to an activating group) is 3. The summed E-state index contributed by atoms with van der Waals surface area (Å²) < 4.78 is 0. The van der Waals surface area contributed by atoms with Crippen molar-refractivity contribution in [3.8, 4) is 0 Å². The summed E-state index contributed by atoms with van der Waals surface area (Å²) in [6.45, 7) is 17.9. The topological polar surface area (TPSA) is 113 Å². The molecule has 32 heavy (non-hydrogen) atoms. The Morgan fingerprint density at radius 1 is 0.469 bits per heavy atom. The molecule has 0 radical (unpaired) electrons. The lowest BCUT2D eigenvalue weighted by atomic mass is 10.3. The van der Waals surface area contributed by atoms with Gasteiger partial charge in [0.15, 0.2) is 0 Å². The minimum Gasteiger partial charge on any atom is -0.329 e. The minimum atomic E-state index is 0.688.